The first-order chi connectivity index (χ1) is 8.33. The van der Waals surface area contributed by atoms with Gasteiger partial charge in [-0.25, -0.2) is 0 Å². The molecule has 94 valence electrons. The lowest BCUT2D eigenvalue weighted by Gasteiger charge is -2.38. The van der Waals surface area contributed by atoms with Gasteiger partial charge in [0.2, 0.25) is 0 Å². The van der Waals surface area contributed by atoms with Crippen molar-refractivity contribution in [2.45, 2.75) is 31.7 Å². The molecule has 4 heteroatoms. The second-order valence-corrected chi connectivity index (χ2v) is 4.97. The van der Waals surface area contributed by atoms with Gasteiger partial charge in [0.15, 0.2) is 0 Å². The van der Waals surface area contributed by atoms with Gasteiger partial charge in [-0.2, -0.15) is 0 Å². The van der Waals surface area contributed by atoms with E-state index >= 15 is 0 Å². The van der Waals surface area contributed by atoms with Gasteiger partial charge in [0.1, 0.15) is 0 Å². The van der Waals surface area contributed by atoms with Gasteiger partial charge in [0.25, 0.3) is 0 Å². The van der Waals surface area contributed by atoms with Gasteiger partial charge in [-0.1, -0.05) is 11.6 Å². The van der Waals surface area contributed by atoms with Gasteiger partial charge >= 0.3 is 0 Å². The standard InChI is InChI=1S/C13H20ClN3/c1-15-7-5-11-4-2-3-9-17(11)13-6-8-16-10-12(13)14/h6,8,10-11,15H,2-5,7,9H2,1H3. The second-order valence-electron chi connectivity index (χ2n) is 4.56. The molecule has 0 aliphatic carbocycles. The number of nitrogens with zero attached hydrogens (tertiary/aromatic N) is 2. The van der Waals surface area contributed by atoms with Crippen LogP contribution in [0.3, 0.4) is 0 Å². The molecule has 1 fully saturated rings. The summed E-state index contributed by atoms with van der Waals surface area (Å²) < 4.78 is 0. The normalized spacial score (nSPS) is 20.6. The third kappa shape index (κ3) is 3.11. The van der Waals surface area contributed by atoms with Crippen LogP contribution in [0, 0.1) is 0 Å². The summed E-state index contributed by atoms with van der Waals surface area (Å²) in [6, 6.07) is 2.64. The molecular formula is C13H20ClN3. The molecule has 1 aliphatic heterocycles. The predicted octanol–water partition coefficient (Wildman–Crippen LogP) is 2.70. The first-order valence-electron chi connectivity index (χ1n) is 6.33. The van der Waals surface area contributed by atoms with Crippen LogP contribution < -0.4 is 10.2 Å². The summed E-state index contributed by atoms with van der Waals surface area (Å²) in [5.74, 6) is 0. The van der Waals surface area contributed by atoms with Gasteiger partial charge in [-0.05, 0) is 45.3 Å². The Balaban J connectivity index is 2.13. The van der Waals surface area contributed by atoms with E-state index in [2.05, 4.69) is 15.2 Å². The van der Waals surface area contributed by atoms with Crippen molar-refractivity contribution in [2.75, 3.05) is 25.0 Å². The highest BCUT2D eigenvalue weighted by molar-refractivity contribution is 6.33. The van der Waals surface area contributed by atoms with Crippen LogP contribution in [-0.4, -0.2) is 31.2 Å². The fraction of sp³-hybridized carbons (Fsp3) is 0.615. The molecule has 2 rings (SSSR count). The Morgan fingerprint density at radius 2 is 2.41 bits per heavy atom. The number of anilines is 1. The van der Waals surface area contributed by atoms with Crippen LogP contribution in [-0.2, 0) is 0 Å². The molecule has 3 nitrogen and oxygen atoms in total. The number of hydrogen-bond donors (Lipinski definition) is 1. The van der Waals surface area contributed by atoms with E-state index < -0.39 is 0 Å². The van der Waals surface area contributed by atoms with E-state index in [4.69, 9.17) is 11.6 Å². The smallest absolute Gasteiger partial charge is 0.0822 e. The molecule has 0 spiro atoms. The number of nitrogens with one attached hydrogen (secondary N) is 1. The number of pyridine rings is 1. The summed E-state index contributed by atoms with van der Waals surface area (Å²) in [5, 5.41) is 4.00. The number of rotatable bonds is 4. The number of hydrogen-bond acceptors (Lipinski definition) is 3. The second kappa shape index (κ2) is 6.22. The lowest BCUT2D eigenvalue weighted by atomic mass is 9.98. The topological polar surface area (TPSA) is 28.2 Å². The summed E-state index contributed by atoms with van der Waals surface area (Å²) in [6.07, 6.45) is 8.59. The van der Waals surface area contributed by atoms with Crippen LogP contribution in [0.5, 0.6) is 0 Å². The van der Waals surface area contributed by atoms with Gasteiger partial charge in [-0.3, -0.25) is 4.98 Å². The van der Waals surface area contributed by atoms with Gasteiger partial charge in [-0.15, -0.1) is 0 Å². The van der Waals surface area contributed by atoms with Crippen LogP contribution in [0.4, 0.5) is 5.69 Å². The van der Waals surface area contributed by atoms with Crippen molar-refractivity contribution >= 4 is 17.3 Å². The summed E-state index contributed by atoms with van der Waals surface area (Å²) in [5.41, 5.74) is 1.14. The van der Waals surface area contributed by atoms with Crippen molar-refractivity contribution in [3.63, 3.8) is 0 Å². The van der Waals surface area contributed by atoms with Crippen molar-refractivity contribution in [1.29, 1.82) is 0 Å². The Hall–Kier alpha value is -0.800. The van der Waals surface area contributed by atoms with Crippen LogP contribution >= 0.6 is 11.6 Å². The molecule has 1 unspecified atom stereocenters. The number of aromatic nitrogens is 1. The molecule has 1 saturated heterocycles. The van der Waals surface area contributed by atoms with Gasteiger partial charge in [0, 0.05) is 25.0 Å². The van der Waals surface area contributed by atoms with Crippen LogP contribution in [0.2, 0.25) is 5.02 Å². The highest BCUT2D eigenvalue weighted by atomic mass is 35.5. The molecule has 0 amide bonds. The zero-order valence-electron chi connectivity index (χ0n) is 10.3. The quantitative estimate of drug-likeness (QED) is 0.894. The fourth-order valence-electron chi connectivity index (χ4n) is 2.53. The Morgan fingerprint density at radius 1 is 1.53 bits per heavy atom. The van der Waals surface area contributed by atoms with Crippen LogP contribution in [0.25, 0.3) is 0 Å². The average molecular weight is 254 g/mol. The Bertz CT molecular complexity index is 356. The summed E-state index contributed by atoms with van der Waals surface area (Å²) in [6.45, 7) is 2.17. The van der Waals surface area contributed by atoms with Gasteiger partial charge < -0.3 is 10.2 Å². The summed E-state index contributed by atoms with van der Waals surface area (Å²) >= 11 is 6.24. The zero-order valence-corrected chi connectivity index (χ0v) is 11.1. The molecule has 1 atom stereocenters. The minimum atomic E-state index is 0.607. The molecule has 1 aromatic rings. The third-order valence-electron chi connectivity index (χ3n) is 3.42. The lowest BCUT2D eigenvalue weighted by molar-refractivity contribution is 0.433. The molecule has 0 radical (unpaired) electrons. The summed E-state index contributed by atoms with van der Waals surface area (Å²) in [4.78, 5) is 6.51. The molecule has 0 bridgehead atoms. The van der Waals surface area contributed by atoms with Crippen LogP contribution in [0.1, 0.15) is 25.7 Å². The number of halogens is 1. The summed E-state index contributed by atoms with van der Waals surface area (Å²) in [7, 11) is 2.01. The van der Waals surface area contributed by atoms with Crippen molar-refractivity contribution in [2.24, 2.45) is 0 Å². The average Bonchev–Trinajstić information content (AvgIpc) is 2.37. The molecule has 1 aliphatic rings. The monoisotopic (exact) mass is 253 g/mol. The zero-order chi connectivity index (χ0) is 12.1. The van der Waals surface area contributed by atoms with E-state index in [9.17, 15) is 0 Å². The van der Waals surface area contributed by atoms with E-state index in [0.29, 0.717) is 6.04 Å². The van der Waals surface area contributed by atoms with E-state index in [1.165, 1.54) is 25.7 Å². The minimum absolute atomic E-state index is 0.607. The molecular weight excluding hydrogens is 234 g/mol. The maximum absolute atomic E-state index is 6.24. The van der Waals surface area contributed by atoms with E-state index in [-0.39, 0.29) is 0 Å². The van der Waals surface area contributed by atoms with E-state index in [1.807, 2.05) is 19.3 Å². The Kier molecular flexibility index (Phi) is 4.63. The van der Waals surface area contributed by atoms with Crippen molar-refractivity contribution in [3.05, 3.63) is 23.5 Å². The van der Waals surface area contributed by atoms with Crippen molar-refractivity contribution in [1.82, 2.24) is 10.3 Å². The molecule has 2 heterocycles. The molecule has 0 saturated carbocycles. The highest BCUT2D eigenvalue weighted by Crippen LogP contribution is 2.31. The maximum atomic E-state index is 6.24. The van der Waals surface area contributed by atoms with Crippen molar-refractivity contribution in [3.8, 4) is 0 Å². The predicted molar refractivity (Wildman–Crippen MR) is 72.8 cm³/mol. The largest absolute Gasteiger partial charge is 0.367 e. The lowest BCUT2D eigenvalue weighted by Crippen LogP contribution is -2.41. The fourth-order valence-corrected chi connectivity index (χ4v) is 2.76. The van der Waals surface area contributed by atoms with Gasteiger partial charge in [0.05, 0.1) is 10.7 Å². The van der Waals surface area contributed by atoms with E-state index in [1.54, 1.807) is 6.20 Å². The third-order valence-corrected chi connectivity index (χ3v) is 3.71. The first-order valence-corrected chi connectivity index (χ1v) is 6.71. The molecule has 1 N–H and O–H groups in total. The Morgan fingerprint density at radius 3 is 3.18 bits per heavy atom. The molecule has 17 heavy (non-hydrogen) atoms. The van der Waals surface area contributed by atoms with Crippen LogP contribution in [0.15, 0.2) is 18.5 Å². The Labute approximate surface area is 108 Å². The SMILES string of the molecule is CNCCC1CCCCN1c1ccncc1Cl. The minimum Gasteiger partial charge on any atom is -0.367 e. The highest BCUT2D eigenvalue weighted by Gasteiger charge is 2.23. The number of piperidine rings is 1. The molecule has 0 aromatic carbocycles. The molecule has 1 aromatic heterocycles. The van der Waals surface area contributed by atoms with E-state index in [0.717, 1.165) is 23.8 Å². The van der Waals surface area contributed by atoms with Crippen molar-refractivity contribution < 1.29 is 0 Å². The first kappa shape index (κ1) is 12.7. The maximum Gasteiger partial charge on any atom is 0.0822 e.